The molecular weight excluding hydrogens is 194 g/mol. The average Bonchev–Trinajstić information content (AvgIpc) is 2.62. The largest absolute Gasteiger partial charge is 0.485 e. The van der Waals surface area contributed by atoms with Crippen LogP contribution < -0.4 is 10.5 Å². The van der Waals surface area contributed by atoms with Gasteiger partial charge >= 0.3 is 0 Å². The lowest BCUT2D eigenvalue weighted by Crippen LogP contribution is -1.99. The second kappa shape index (κ2) is 3.95. The van der Waals surface area contributed by atoms with Crippen molar-refractivity contribution in [3.05, 3.63) is 30.1 Å². The predicted octanol–water partition coefficient (Wildman–Crippen LogP) is 0.371. The summed E-state index contributed by atoms with van der Waals surface area (Å²) in [7, 11) is 1.71. The van der Waals surface area contributed by atoms with Crippen LogP contribution in [0.5, 0.6) is 5.75 Å². The molecule has 0 saturated heterocycles. The van der Waals surface area contributed by atoms with Crippen molar-refractivity contribution in [3.63, 3.8) is 0 Å². The highest BCUT2D eigenvalue weighted by molar-refractivity contribution is 5.43. The fourth-order valence-corrected chi connectivity index (χ4v) is 1.13. The minimum absolute atomic E-state index is 0.289. The summed E-state index contributed by atoms with van der Waals surface area (Å²) in [6, 6.07) is 7.20. The second-order valence-corrected chi connectivity index (χ2v) is 3.06. The van der Waals surface area contributed by atoms with Gasteiger partial charge in [-0.3, -0.25) is 0 Å². The number of nitrogens with two attached hydrogens (primary N) is 1. The van der Waals surface area contributed by atoms with Crippen LogP contribution in [0.25, 0.3) is 0 Å². The highest BCUT2D eigenvalue weighted by Crippen LogP contribution is 2.15. The average molecular weight is 205 g/mol. The van der Waals surface area contributed by atoms with Gasteiger partial charge in [-0.05, 0) is 17.3 Å². The van der Waals surface area contributed by atoms with E-state index in [-0.39, 0.29) is 6.61 Å². The first-order valence-corrected chi connectivity index (χ1v) is 4.45. The summed E-state index contributed by atoms with van der Waals surface area (Å²) in [5.41, 5.74) is 6.27. The third-order valence-corrected chi connectivity index (χ3v) is 1.78. The first kappa shape index (κ1) is 9.45. The van der Waals surface area contributed by atoms with E-state index in [0.29, 0.717) is 17.3 Å². The number of anilines is 1. The van der Waals surface area contributed by atoms with Gasteiger partial charge in [0.2, 0.25) is 5.82 Å². The van der Waals surface area contributed by atoms with Gasteiger partial charge in [0.15, 0.2) is 6.61 Å². The van der Waals surface area contributed by atoms with Gasteiger partial charge in [0.05, 0.1) is 7.05 Å². The van der Waals surface area contributed by atoms with Gasteiger partial charge in [-0.25, -0.2) is 0 Å². The summed E-state index contributed by atoms with van der Waals surface area (Å²) in [6.07, 6.45) is 0. The minimum atomic E-state index is 0.289. The highest BCUT2D eigenvalue weighted by Gasteiger charge is 2.01. The van der Waals surface area contributed by atoms with Crippen molar-refractivity contribution in [2.45, 2.75) is 6.61 Å². The predicted molar refractivity (Wildman–Crippen MR) is 54.0 cm³/mol. The molecular formula is C9H11N5O. The van der Waals surface area contributed by atoms with Crippen LogP contribution in [-0.2, 0) is 13.7 Å². The number of hydrogen-bond acceptors (Lipinski definition) is 5. The SMILES string of the molecule is Cn1nnc(COc2cccc(N)c2)n1. The van der Waals surface area contributed by atoms with E-state index >= 15 is 0 Å². The summed E-state index contributed by atoms with van der Waals surface area (Å²) in [5.74, 6) is 1.24. The summed E-state index contributed by atoms with van der Waals surface area (Å²) in [5, 5.41) is 11.5. The van der Waals surface area contributed by atoms with Gasteiger partial charge in [0.1, 0.15) is 5.75 Å². The smallest absolute Gasteiger partial charge is 0.212 e. The third-order valence-electron chi connectivity index (χ3n) is 1.78. The Morgan fingerprint density at radius 1 is 1.47 bits per heavy atom. The zero-order chi connectivity index (χ0) is 10.7. The molecule has 6 nitrogen and oxygen atoms in total. The molecule has 0 saturated carbocycles. The fourth-order valence-electron chi connectivity index (χ4n) is 1.13. The maximum atomic E-state index is 5.60. The summed E-state index contributed by atoms with van der Waals surface area (Å²) in [4.78, 5) is 1.39. The number of aromatic nitrogens is 4. The number of nitrogens with zero attached hydrogens (tertiary/aromatic N) is 4. The lowest BCUT2D eigenvalue weighted by atomic mass is 10.3. The molecule has 2 N–H and O–H groups in total. The highest BCUT2D eigenvalue weighted by atomic mass is 16.5. The monoisotopic (exact) mass is 205 g/mol. The number of aryl methyl sites for hydroxylation is 1. The molecule has 0 atom stereocenters. The normalized spacial score (nSPS) is 10.2. The molecule has 0 unspecified atom stereocenters. The van der Waals surface area contributed by atoms with Crippen molar-refractivity contribution < 1.29 is 4.74 Å². The molecule has 6 heteroatoms. The molecule has 0 aliphatic carbocycles. The lowest BCUT2D eigenvalue weighted by Gasteiger charge is -2.03. The van der Waals surface area contributed by atoms with Crippen LogP contribution in [0.2, 0.25) is 0 Å². The van der Waals surface area contributed by atoms with Crippen molar-refractivity contribution in [2.75, 3.05) is 5.73 Å². The van der Waals surface area contributed by atoms with E-state index in [2.05, 4.69) is 15.4 Å². The first-order valence-electron chi connectivity index (χ1n) is 4.45. The van der Waals surface area contributed by atoms with Crippen LogP contribution in [0.1, 0.15) is 5.82 Å². The number of rotatable bonds is 3. The molecule has 0 spiro atoms. The van der Waals surface area contributed by atoms with Crippen molar-refractivity contribution in [1.82, 2.24) is 20.2 Å². The molecule has 0 radical (unpaired) electrons. The van der Waals surface area contributed by atoms with E-state index in [1.54, 1.807) is 19.2 Å². The Labute approximate surface area is 86.7 Å². The van der Waals surface area contributed by atoms with Crippen LogP contribution in [0.4, 0.5) is 5.69 Å². The van der Waals surface area contributed by atoms with E-state index in [1.165, 1.54) is 4.80 Å². The number of hydrogen-bond donors (Lipinski definition) is 1. The molecule has 15 heavy (non-hydrogen) atoms. The number of ether oxygens (including phenoxy) is 1. The number of benzene rings is 1. The van der Waals surface area contributed by atoms with Crippen LogP contribution in [-0.4, -0.2) is 20.2 Å². The van der Waals surface area contributed by atoms with Gasteiger partial charge in [-0.15, -0.1) is 10.2 Å². The Bertz CT molecular complexity index is 453. The van der Waals surface area contributed by atoms with Crippen molar-refractivity contribution in [2.24, 2.45) is 7.05 Å². The zero-order valence-corrected chi connectivity index (χ0v) is 8.29. The van der Waals surface area contributed by atoms with Gasteiger partial charge in [-0.1, -0.05) is 6.07 Å². The molecule has 0 aliphatic rings. The Morgan fingerprint density at radius 3 is 3.00 bits per heavy atom. The fraction of sp³-hybridized carbons (Fsp3) is 0.222. The molecule has 1 aromatic heterocycles. The molecule has 2 aromatic rings. The maximum Gasteiger partial charge on any atom is 0.212 e. The van der Waals surface area contributed by atoms with Crippen LogP contribution >= 0.6 is 0 Å². The van der Waals surface area contributed by atoms with E-state index in [0.717, 1.165) is 0 Å². The molecule has 0 aliphatic heterocycles. The molecule has 1 aromatic carbocycles. The van der Waals surface area contributed by atoms with Crippen LogP contribution in [0, 0.1) is 0 Å². The molecule has 0 bridgehead atoms. The van der Waals surface area contributed by atoms with E-state index in [1.807, 2.05) is 12.1 Å². The van der Waals surface area contributed by atoms with Crippen molar-refractivity contribution in [1.29, 1.82) is 0 Å². The van der Waals surface area contributed by atoms with Crippen LogP contribution in [0.3, 0.4) is 0 Å². The van der Waals surface area contributed by atoms with Crippen molar-refractivity contribution in [3.8, 4) is 5.75 Å². The van der Waals surface area contributed by atoms with Crippen LogP contribution in [0.15, 0.2) is 24.3 Å². The number of tetrazole rings is 1. The lowest BCUT2D eigenvalue weighted by molar-refractivity contribution is 0.295. The molecule has 0 fully saturated rings. The minimum Gasteiger partial charge on any atom is -0.485 e. The van der Waals surface area contributed by atoms with Gasteiger partial charge in [0, 0.05) is 11.8 Å². The summed E-state index contributed by atoms with van der Waals surface area (Å²) < 4.78 is 5.43. The first-order chi connectivity index (χ1) is 7.24. The van der Waals surface area contributed by atoms with E-state index in [9.17, 15) is 0 Å². The molecule has 2 rings (SSSR count). The third kappa shape index (κ3) is 2.43. The Kier molecular flexibility index (Phi) is 2.49. The number of nitrogen functional groups attached to an aromatic ring is 1. The van der Waals surface area contributed by atoms with Gasteiger partial charge in [0.25, 0.3) is 0 Å². The summed E-state index contributed by atoms with van der Waals surface area (Å²) >= 11 is 0. The summed E-state index contributed by atoms with van der Waals surface area (Å²) in [6.45, 7) is 0.289. The zero-order valence-electron chi connectivity index (χ0n) is 8.29. The topological polar surface area (TPSA) is 78.8 Å². The van der Waals surface area contributed by atoms with Crippen molar-refractivity contribution >= 4 is 5.69 Å². The van der Waals surface area contributed by atoms with Gasteiger partial charge < -0.3 is 10.5 Å². The molecule has 0 amide bonds. The Morgan fingerprint density at radius 2 is 2.33 bits per heavy atom. The quantitative estimate of drug-likeness (QED) is 0.732. The Hall–Kier alpha value is -2.11. The van der Waals surface area contributed by atoms with Gasteiger partial charge in [-0.2, -0.15) is 4.80 Å². The maximum absolute atomic E-state index is 5.60. The molecule has 1 heterocycles. The Balaban J connectivity index is 1.99. The second-order valence-electron chi connectivity index (χ2n) is 3.06. The molecule has 78 valence electrons. The standard InChI is InChI=1S/C9H11N5O/c1-14-12-9(11-13-14)6-15-8-4-2-3-7(10)5-8/h2-5H,6,10H2,1H3. The van der Waals surface area contributed by atoms with E-state index in [4.69, 9.17) is 10.5 Å². The van der Waals surface area contributed by atoms with E-state index < -0.39 is 0 Å².